The van der Waals surface area contributed by atoms with Gasteiger partial charge in [0.15, 0.2) is 5.78 Å². The lowest BCUT2D eigenvalue weighted by molar-refractivity contribution is 0.103. The Balaban J connectivity index is 1.81. The summed E-state index contributed by atoms with van der Waals surface area (Å²) in [6, 6.07) is 21.1. The van der Waals surface area contributed by atoms with E-state index in [0.717, 1.165) is 22.6 Å². The van der Waals surface area contributed by atoms with Crippen LogP contribution in [0.4, 0.5) is 17.1 Å². The van der Waals surface area contributed by atoms with Gasteiger partial charge in [-0.25, -0.2) is 0 Å². The van der Waals surface area contributed by atoms with Gasteiger partial charge in [-0.05, 0) is 55.0 Å². The third kappa shape index (κ3) is 3.89. The number of halogens is 1. The molecule has 0 aliphatic carbocycles. The second kappa shape index (κ2) is 7.63. The van der Waals surface area contributed by atoms with E-state index in [2.05, 4.69) is 5.32 Å². The van der Waals surface area contributed by atoms with Gasteiger partial charge in [-0.1, -0.05) is 35.9 Å². The van der Waals surface area contributed by atoms with Crippen LogP contribution >= 0.6 is 11.6 Å². The average Bonchev–Trinajstić information content (AvgIpc) is 2.62. The van der Waals surface area contributed by atoms with E-state index in [0.29, 0.717) is 16.1 Å². The quantitative estimate of drug-likeness (QED) is 0.590. The standard InChI is InChI=1S/C22H21ClN2O/c1-15-6-4-5-7-19(15)22(26)20-13-10-17(14-21(20)23)24-16-8-11-18(12-9-16)25(2)3/h4-14,24H,1-3H3. The highest BCUT2D eigenvalue weighted by Gasteiger charge is 2.15. The Morgan fingerprint density at radius 1 is 0.885 bits per heavy atom. The van der Waals surface area contributed by atoms with E-state index in [1.807, 2.05) is 80.5 Å². The summed E-state index contributed by atoms with van der Waals surface area (Å²) >= 11 is 6.39. The molecule has 0 saturated carbocycles. The van der Waals surface area contributed by atoms with Crippen molar-refractivity contribution >= 4 is 34.4 Å². The normalized spacial score (nSPS) is 10.5. The van der Waals surface area contributed by atoms with E-state index in [1.165, 1.54) is 0 Å². The third-order valence-corrected chi connectivity index (χ3v) is 4.59. The van der Waals surface area contributed by atoms with Crippen molar-refractivity contribution in [1.82, 2.24) is 0 Å². The minimum absolute atomic E-state index is 0.0602. The number of aryl methyl sites for hydroxylation is 1. The molecule has 0 atom stereocenters. The predicted octanol–water partition coefficient (Wildman–Crippen LogP) is 5.69. The van der Waals surface area contributed by atoms with Gasteiger partial charge in [0.2, 0.25) is 0 Å². The van der Waals surface area contributed by atoms with Crippen molar-refractivity contribution in [2.75, 3.05) is 24.3 Å². The lowest BCUT2D eigenvalue weighted by Gasteiger charge is -2.14. The molecule has 0 bridgehead atoms. The smallest absolute Gasteiger partial charge is 0.194 e. The Kier molecular flexibility index (Phi) is 5.29. The molecule has 0 unspecified atom stereocenters. The van der Waals surface area contributed by atoms with Crippen LogP contribution < -0.4 is 10.2 Å². The Labute approximate surface area is 159 Å². The maximum Gasteiger partial charge on any atom is 0.194 e. The number of nitrogens with zero attached hydrogens (tertiary/aromatic N) is 1. The molecule has 0 radical (unpaired) electrons. The first kappa shape index (κ1) is 18.0. The summed E-state index contributed by atoms with van der Waals surface area (Å²) in [5.41, 5.74) is 5.06. The number of hydrogen-bond acceptors (Lipinski definition) is 3. The minimum Gasteiger partial charge on any atom is -0.378 e. The van der Waals surface area contributed by atoms with E-state index < -0.39 is 0 Å². The second-order valence-electron chi connectivity index (χ2n) is 6.40. The van der Waals surface area contributed by atoms with Gasteiger partial charge in [-0.3, -0.25) is 4.79 Å². The van der Waals surface area contributed by atoms with Crippen LogP contribution in [0.25, 0.3) is 0 Å². The van der Waals surface area contributed by atoms with Gasteiger partial charge in [-0.15, -0.1) is 0 Å². The van der Waals surface area contributed by atoms with Crippen molar-refractivity contribution in [1.29, 1.82) is 0 Å². The minimum atomic E-state index is -0.0602. The van der Waals surface area contributed by atoms with Crippen molar-refractivity contribution in [3.8, 4) is 0 Å². The van der Waals surface area contributed by atoms with Crippen molar-refractivity contribution in [2.24, 2.45) is 0 Å². The summed E-state index contributed by atoms with van der Waals surface area (Å²) in [4.78, 5) is 14.8. The molecular formula is C22H21ClN2O. The highest BCUT2D eigenvalue weighted by atomic mass is 35.5. The molecule has 3 rings (SSSR count). The molecule has 1 N–H and O–H groups in total. The van der Waals surface area contributed by atoms with Crippen LogP contribution in [0.2, 0.25) is 5.02 Å². The predicted molar refractivity (Wildman–Crippen MR) is 110 cm³/mol. The monoisotopic (exact) mass is 364 g/mol. The second-order valence-corrected chi connectivity index (χ2v) is 6.81. The van der Waals surface area contributed by atoms with Gasteiger partial charge in [0.1, 0.15) is 0 Å². The van der Waals surface area contributed by atoms with Crippen LogP contribution in [0.1, 0.15) is 21.5 Å². The highest BCUT2D eigenvalue weighted by molar-refractivity contribution is 6.35. The van der Waals surface area contributed by atoms with Crippen LogP contribution in [-0.2, 0) is 0 Å². The lowest BCUT2D eigenvalue weighted by atomic mass is 9.99. The molecule has 0 aliphatic heterocycles. The molecule has 0 spiro atoms. The van der Waals surface area contributed by atoms with Crippen molar-refractivity contribution in [3.63, 3.8) is 0 Å². The summed E-state index contributed by atoms with van der Waals surface area (Å²) < 4.78 is 0. The summed E-state index contributed by atoms with van der Waals surface area (Å²) in [6.07, 6.45) is 0. The van der Waals surface area contributed by atoms with Gasteiger partial charge in [0.25, 0.3) is 0 Å². The number of carbonyl (C=O) groups is 1. The summed E-state index contributed by atoms with van der Waals surface area (Å²) in [5.74, 6) is -0.0602. The van der Waals surface area contributed by atoms with E-state index >= 15 is 0 Å². The van der Waals surface area contributed by atoms with Crippen LogP contribution in [-0.4, -0.2) is 19.9 Å². The maximum absolute atomic E-state index is 12.7. The number of carbonyl (C=O) groups excluding carboxylic acids is 1. The van der Waals surface area contributed by atoms with Gasteiger partial charge in [-0.2, -0.15) is 0 Å². The maximum atomic E-state index is 12.7. The molecule has 0 heterocycles. The van der Waals surface area contributed by atoms with Crippen LogP contribution in [0.5, 0.6) is 0 Å². The van der Waals surface area contributed by atoms with Gasteiger partial charge < -0.3 is 10.2 Å². The van der Waals surface area contributed by atoms with Crippen molar-refractivity contribution in [3.05, 3.63) is 88.4 Å². The van der Waals surface area contributed by atoms with E-state index in [1.54, 1.807) is 12.1 Å². The van der Waals surface area contributed by atoms with Crippen molar-refractivity contribution < 1.29 is 4.79 Å². The lowest BCUT2D eigenvalue weighted by Crippen LogP contribution is -2.08. The number of benzene rings is 3. The molecule has 132 valence electrons. The molecule has 0 saturated heterocycles. The number of nitrogens with one attached hydrogen (secondary N) is 1. The molecule has 0 amide bonds. The molecule has 4 heteroatoms. The molecule has 0 fully saturated rings. The van der Waals surface area contributed by atoms with E-state index in [-0.39, 0.29) is 5.78 Å². The van der Waals surface area contributed by atoms with E-state index in [4.69, 9.17) is 11.6 Å². The number of anilines is 3. The van der Waals surface area contributed by atoms with Crippen molar-refractivity contribution in [2.45, 2.75) is 6.92 Å². The number of hydrogen-bond donors (Lipinski definition) is 1. The first-order valence-electron chi connectivity index (χ1n) is 8.40. The molecule has 0 aliphatic rings. The zero-order valence-corrected chi connectivity index (χ0v) is 15.8. The van der Waals surface area contributed by atoms with E-state index in [9.17, 15) is 4.79 Å². The van der Waals surface area contributed by atoms with Crippen LogP contribution in [0.15, 0.2) is 66.7 Å². The SMILES string of the molecule is Cc1ccccc1C(=O)c1ccc(Nc2ccc(N(C)C)cc2)cc1Cl. The molecule has 0 aromatic heterocycles. The first-order chi connectivity index (χ1) is 12.5. The van der Waals surface area contributed by atoms with Gasteiger partial charge in [0.05, 0.1) is 5.02 Å². The van der Waals surface area contributed by atoms with Gasteiger partial charge in [0, 0.05) is 42.3 Å². The summed E-state index contributed by atoms with van der Waals surface area (Å²) in [5, 5.41) is 3.75. The van der Waals surface area contributed by atoms with Gasteiger partial charge >= 0.3 is 0 Å². The molecule has 3 nitrogen and oxygen atoms in total. The summed E-state index contributed by atoms with van der Waals surface area (Å²) in [7, 11) is 4.01. The average molecular weight is 365 g/mol. The molecule has 3 aromatic carbocycles. The zero-order chi connectivity index (χ0) is 18.7. The Morgan fingerprint density at radius 3 is 2.15 bits per heavy atom. The number of rotatable bonds is 5. The fourth-order valence-electron chi connectivity index (χ4n) is 2.76. The topological polar surface area (TPSA) is 32.3 Å². The highest BCUT2D eigenvalue weighted by Crippen LogP contribution is 2.27. The van der Waals surface area contributed by atoms with Crippen LogP contribution in [0.3, 0.4) is 0 Å². The molecule has 3 aromatic rings. The largest absolute Gasteiger partial charge is 0.378 e. The first-order valence-corrected chi connectivity index (χ1v) is 8.78. The summed E-state index contributed by atoms with van der Waals surface area (Å²) in [6.45, 7) is 1.93. The van der Waals surface area contributed by atoms with Crippen LogP contribution in [0, 0.1) is 6.92 Å². The zero-order valence-electron chi connectivity index (χ0n) is 15.1. The number of ketones is 1. The Hall–Kier alpha value is -2.78. The fraction of sp³-hybridized carbons (Fsp3) is 0.136. The Morgan fingerprint density at radius 2 is 1.54 bits per heavy atom. The fourth-order valence-corrected chi connectivity index (χ4v) is 3.03. The third-order valence-electron chi connectivity index (χ3n) is 4.28. The molecular weight excluding hydrogens is 344 g/mol. The molecule has 26 heavy (non-hydrogen) atoms. The Bertz CT molecular complexity index is 933.